The van der Waals surface area contributed by atoms with Gasteiger partial charge in [0.25, 0.3) is 5.88 Å². The number of benzene rings is 1. The highest BCUT2D eigenvalue weighted by Crippen LogP contribution is 2.33. The molecular formula is C12H13N3O2. The number of aromatic nitrogens is 2. The van der Waals surface area contributed by atoms with E-state index in [1.54, 1.807) is 11.7 Å². The molecule has 2 rings (SSSR count). The van der Waals surface area contributed by atoms with E-state index in [9.17, 15) is 0 Å². The van der Waals surface area contributed by atoms with Crippen molar-refractivity contribution < 1.29 is 9.57 Å². The van der Waals surface area contributed by atoms with Gasteiger partial charge in [0.15, 0.2) is 0 Å². The molecule has 88 valence electrons. The van der Waals surface area contributed by atoms with E-state index in [-0.39, 0.29) is 0 Å². The number of ether oxygens (including phenoxy) is 1. The number of oxime groups is 1. The first kappa shape index (κ1) is 11.2. The second-order valence-corrected chi connectivity index (χ2v) is 3.48. The lowest BCUT2D eigenvalue weighted by atomic mass is 10.3. The summed E-state index contributed by atoms with van der Waals surface area (Å²) in [5.41, 5.74) is 0.700. The van der Waals surface area contributed by atoms with Gasteiger partial charge in [-0.05, 0) is 19.1 Å². The Bertz CT molecular complexity index is 520. The molecule has 2 aromatic rings. The molecule has 0 fully saturated rings. The molecule has 0 atom stereocenters. The van der Waals surface area contributed by atoms with Gasteiger partial charge in [-0.15, -0.1) is 0 Å². The zero-order chi connectivity index (χ0) is 12.3. The highest BCUT2D eigenvalue weighted by atomic mass is 16.6. The smallest absolute Gasteiger partial charge is 0.264 e. The third kappa shape index (κ3) is 2.28. The van der Waals surface area contributed by atoms with E-state index in [1.807, 2.05) is 37.3 Å². The van der Waals surface area contributed by atoms with Gasteiger partial charge in [-0.25, -0.2) is 4.68 Å². The van der Waals surface area contributed by atoms with Gasteiger partial charge >= 0.3 is 0 Å². The minimum absolute atomic E-state index is 0.478. The summed E-state index contributed by atoms with van der Waals surface area (Å²) in [4.78, 5) is 5.07. The van der Waals surface area contributed by atoms with Crippen molar-refractivity contribution in [3.8, 4) is 17.4 Å². The summed E-state index contributed by atoms with van der Waals surface area (Å²) in [5.74, 6) is 1.69. The minimum Gasteiger partial charge on any atom is -0.436 e. The van der Waals surface area contributed by atoms with Gasteiger partial charge in [0.1, 0.15) is 11.4 Å². The van der Waals surface area contributed by atoms with Crippen LogP contribution in [0.3, 0.4) is 0 Å². The minimum atomic E-state index is 0.478. The van der Waals surface area contributed by atoms with Crippen molar-refractivity contribution in [2.75, 3.05) is 0 Å². The summed E-state index contributed by atoms with van der Waals surface area (Å²) in [5, 5.41) is 7.60. The molecule has 0 aliphatic rings. The van der Waals surface area contributed by atoms with Crippen LogP contribution in [0.5, 0.6) is 17.4 Å². The fourth-order valence-electron chi connectivity index (χ4n) is 1.50. The molecular weight excluding hydrogens is 218 g/mol. The third-order valence-corrected chi connectivity index (χ3v) is 2.23. The average molecular weight is 231 g/mol. The maximum absolute atomic E-state index is 5.70. The second kappa shape index (κ2) is 4.69. The Hall–Kier alpha value is -2.30. The molecule has 0 spiro atoms. The molecule has 0 aliphatic carbocycles. The number of hydrogen-bond donors (Lipinski definition) is 0. The molecule has 0 saturated carbocycles. The van der Waals surface area contributed by atoms with E-state index in [2.05, 4.69) is 17.0 Å². The first-order chi connectivity index (χ1) is 8.22. The van der Waals surface area contributed by atoms with Gasteiger partial charge in [0.2, 0.25) is 5.75 Å². The van der Waals surface area contributed by atoms with Crippen LogP contribution in [-0.4, -0.2) is 16.5 Å². The number of hydrogen-bond acceptors (Lipinski definition) is 4. The molecule has 0 amide bonds. The standard InChI is InChI=1S/C12H13N3O2/c1-9-11(17-13-2)12(15(3)14-9)16-10-7-5-4-6-8-10/h4-8H,2H2,1,3H3. The second-order valence-electron chi connectivity index (χ2n) is 3.48. The van der Waals surface area contributed by atoms with Crippen molar-refractivity contribution in [1.29, 1.82) is 0 Å². The molecule has 0 saturated heterocycles. The van der Waals surface area contributed by atoms with Crippen molar-refractivity contribution in [3.05, 3.63) is 36.0 Å². The van der Waals surface area contributed by atoms with Crippen LogP contribution in [0.15, 0.2) is 35.5 Å². The molecule has 1 heterocycles. The van der Waals surface area contributed by atoms with E-state index in [4.69, 9.17) is 9.57 Å². The Balaban J connectivity index is 2.35. The summed E-state index contributed by atoms with van der Waals surface area (Å²) in [6.45, 7) is 5.11. The van der Waals surface area contributed by atoms with Gasteiger partial charge in [0, 0.05) is 13.8 Å². The van der Waals surface area contributed by atoms with Crippen LogP contribution < -0.4 is 9.57 Å². The number of nitrogens with zero attached hydrogens (tertiary/aromatic N) is 3. The SMILES string of the molecule is C=NOc1c(C)nn(C)c1Oc1ccccc1. The normalized spacial score (nSPS) is 10.0. The Morgan fingerprint density at radius 1 is 1.29 bits per heavy atom. The van der Waals surface area contributed by atoms with E-state index < -0.39 is 0 Å². The molecule has 5 nitrogen and oxygen atoms in total. The lowest BCUT2D eigenvalue weighted by Gasteiger charge is -2.06. The van der Waals surface area contributed by atoms with Gasteiger partial charge < -0.3 is 9.57 Å². The quantitative estimate of drug-likeness (QED) is 0.600. The van der Waals surface area contributed by atoms with Crippen LogP contribution in [0.1, 0.15) is 5.69 Å². The third-order valence-electron chi connectivity index (χ3n) is 2.23. The predicted molar refractivity (Wildman–Crippen MR) is 64.6 cm³/mol. The molecule has 0 N–H and O–H groups in total. The summed E-state index contributed by atoms with van der Waals surface area (Å²) in [6, 6.07) is 9.42. The van der Waals surface area contributed by atoms with Crippen molar-refractivity contribution in [2.24, 2.45) is 12.2 Å². The molecule has 17 heavy (non-hydrogen) atoms. The first-order valence-electron chi connectivity index (χ1n) is 5.12. The van der Waals surface area contributed by atoms with Crippen LogP contribution in [0, 0.1) is 6.92 Å². The first-order valence-corrected chi connectivity index (χ1v) is 5.12. The summed E-state index contributed by atoms with van der Waals surface area (Å²) >= 11 is 0. The van der Waals surface area contributed by atoms with Crippen molar-refractivity contribution in [2.45, 2.75) is 6.92 Å². The summed E-state index contributed by atoms with van der Waals surface area (Å²) < 4.78 is 7.30. The average Bonchev–Trinajstić information content (AvgIpc) is 2.58. The van der Waals surface area contributed by atoms with Gasteiger partial charge in [-0.2, -0.15) is 5.10 Å². The Kier molecular flexibility index (Phi) is 3.09. The maximum Gasteiger partial charge on any atom is 0.264 e. The molecule has 5 heteroatoms. The Morgan fingerprint density at radius 2 is 2.00 bits per heavy atom. The van der Waals surface area contributed by atoms with E-state index in [0.717, 1.165) is 0 Å². The maximum atomic E-state index is 5.70. The Labute approximate surface area is 99.3 Å². The zero-order valence-electron chi connectivity index (χ0n) is 9.75. The van der Waals surface area contributed by atoms with E-state index in [1.165, 1.54) is 0 Å². The van der Waals surface area contributed by atoms with Crippen LogP contribution in [0.2, 0.25) is 0 Å². The molecule has 1 aromatic carbocycles. The molecule has 0 aliphatic heterocycles. The number of rotatable bonds is 4. The van der Waals surface area contributed by atoms with Crippen LogP contribution in [-0.2, 0) is 7.05 Å². The largest absolute Gasteiger partial charge is 0.436 e. The highest BCUT2D eigenvalue weighted by Gasteiger charge is 2.17. The number of aryl methyl sites for hydroxylation is 2. The van der Waals surface area contributed by atoms with E-state index >= 15 is 0 Å². The van der Waals surface area contributed by atoms with Crippen molar-refractivity contribution >= 4 is 6.72 Å². The number of para-hydroxylation sites is 1. The summed E-state index contributed by atoms with van der Waals surface area (Å²) in [6.07, 6.45) is 0. The fourth-order valence-corrected chi connectivity index (χ4v) is 1.50. The topological polar surface area (TPSA) is 48.6 Å². The molecule has 0 bridgehead atoms. The van der Waals surface area contributed by atoms with Crippen LogP contribution >= 0.6 is 0 Å². The van der Waals surface area contributed by atoms with E-state index in [0.29, 0.717) is 23.1 Å². The molecule has 1 aromatic heterocycles. The monoisotopic (exact) mass is 231 g/mol. The van der Waals surface area contributed by atoms with Crippen LogP contribution in [0.25, 0.3) is 0 Å². The van der Waals surface area contributed by atoms with Gasteiger partial charge in [0.05, 0.1) is 0 Å². The Morgan fingerprint density at radius 3 is 2.65 bits per heavy atom. The van der Waals surface area contributed by atoms with Crippen molar-refractivity contribution in [3.63, 3.8) is 0 Å². The lowest BCUT2D eigenvalue weighted by molar-refractivity contribution is 0.317. The van der Waals surface area contributed by atoms with Gasteiger partial charge in [-0.3, -0.25) is 0 Å². The van der Waals surface area contributed by atoms with Gasteiger partial charge in [-0.1, -0.05) is 23.4 Å². The zero-order valence-corrected chi connectivity index (χ0v) is 9.75. The lowest BCUT2D eigenvalue weighted by Crippen LogP contribution is -1.95. The molecule has 0 radical (unpaired) electrons. The molecule has 0 unspecified atom stereocenters. The van der Waals surface area contributed by atoms with Crippen LogP contribution in [0.4, 0.5) is 0 Å². The summed E-state index contributed by atoms with van der Waals surface area (Å²) in [7, 11) is 1.78. The van der Waals surface area contributed by atoms with Crippen molar-refractivity contribution in [1.82, 2.24) is 9.78 Å². The fraction of sp³-hybridized carbons (Fsp3) is 0.167. The highest BCUT2D eigenvalue weighted by molar-refractivity contribution is 5.41. The predicted octanol–water partition coefficient (Wildman–Crippen LogP) is 2.52.